The van der Waals surface area contributed by atoms with E-state index in [-0.39, 0.29) is 6.61 Å². The molecular weight excluding hydrogens is 184 g/mol. The zero-order chi connectivity index (χ0) is 9.42. The first-order valence-electron chi connectivity index (χ1n) is 4.05. The van der Waals surface area contributed by atoms with Crippen molar-refractivity contribution >= 4 is 21.7 Å². The van der Waals surface area contributed by atoms with Crippen LogP contribution in [0.3, 0.4) is 0 Å². The summed E-state index contributed by atoms with van der Waals surface area (Å²) in [5.74, 6) is 0. The minimum Gasteiger partial charge on any atom is -0.391 e. The number of aryl methyl sites for hydroxylation is 2. The summed E-state index contributed by atoms with van der Waals surface area (Å²) in [6.45, 7) is 3.96. The molecule has 0 atom stereocenters. The van der Waals surface area contributed by atoms with Gasteiger partial charge >= 0.3 is 0 Å². The van der Waals surface area contributed by atoms with Gasteiger partial charge in [0.05, 0.1) is 18.0 Å². The third-order valence-electron chi connectivity index (χ3n) is 1.98. The number of aromatic nitrogens is 2. The smallest absolute Gasteiger partial charge is 0.142 e. The molecule has 0 aliphatic heterocycles. The van der Waals surface area contributed by atoms with Crippen molar-refractivity contribution in [2.75, 3.05) is 0 Å². The van der Waals surface area contributed by atoms with Crippen LogP contribution in [0.15, 0.2) is 6.07 Å². The Morgan fingerprint density at radius 3 is 2.69 bits per heavy atom. The maximum absolute atomic E-state index is 8.93. The average molecular weight is 194 g/mol. The van der Waals surface area contributed by atoms with Gasteiger partial charge in [-0.1, -0.05) is 0 Å². The molecule has 0 aromatic carbocycles. The summed E-state index contributed by atoms with van der Waals surface area (Å²) in [5.41, 5.74) is 2.80. The molecule has 2 heterocycles. The lowest BCUT2D eigenvalue weighted by Crippen LogP contribution is -1.89. The molecule has 2 aromatic heterocycles. The van der Waals surface area contributed by atoms with Crippen molar-refractivity contribution in [1.29, 1.82) is 0 Å². The van der Waals surface area contributed by atoms with Gasteiger partial charge in [0, 0.05) is 4.88 Å². The van der Waals surface area contributed by atoms with Gasteiger partial charge in [-0.25, -0.2) is 9.97 Å². The average Bonchev–Trinajstić information content (AvgIpc) is 2.48. The highest BCUT2D eigenvalue weighted by Gasteiger charge is 2.05. The van der Waals surface area contributed by atoms with Crippen molar-refractivity contribution in [3.05, 3.63) is 22.3 Å². The van der Waals surface area contributed by atoms with Gasteiger partial charge in [0.1, 0.15) is 10.3 Å². The van der Waals surface area contributed by atoms with E-state index in [0.29, 0.717) is 0 Å². The molecule has 1 N–H and O–H groups in total. The molecule has 68 valence electrons. The summed E-state index contributed by atoms with van der Waals surface area (Å²) in [6.07, 6.45) is 0. The van der Waals surface area contributed by atoms with Crippen molar-refractivity contribution in [1.82, 2.24) is 9.97 Å². The first-order chi connectivity index (χ1) is 6.20. The molecule has 0 aliphatic rings. The Morgan fingerprint density at radius 1 is 1.31 bits per heavy atom. The number of nitrogens with zero attached hydrogens (tertiary/aromatic N) is 2. The number of hydrogen-bond donors (Lipinski definition) is 1. The fourth-order valence-electron chi connectivity index (χ4n) is 1.15. The van der Waals surface area contributed by atoms with Crippen LogP contribution in [0.2, 0.25) is 0 Å². The van der Waals surface area contributed by atoms with Gasteiger partial charge in [-0.15, -0.1) is 11.3 Å². The molecule has 2 aromatic rings. The molecule has 13 heavy (non-hydrogen) atoms. The highest BCUT2D eigenvalue weighted by Crippen LogP contribution is 2.23. The van der Waals surface area contributed by atoms with E-state index < -0.39 is 0 Å². The van der Waals surface area contributed by atoms with Crippen LogP contribution in [0, 0.1) is 13.8 Å². The molecule has 0 aliphatic carbocycles. The van der Waals surface area contributed by atoms with Gasteiger partial charge in [-0.3, -0.25) is 0 Å². The van der Waals surface area contributed by atoms with Crippen molar-refractivity contribution in [3.63, 3.8) is 0 Å². The molecule has 0 fully saturated rings. The highest BCUT2D eigenvalue weighted by atomic mass is 32.1. The minimum absolute atomic E-state index is 0.0702. The largest absolute Gasteiger partial charge is 0.391 e. The van der Waals surface area contributed by atoms with Crippen LogP contribution >= 0.6 is 11.3 Å². The predicted molar refractivity (Wildman–Crippen MR) is 52.8 cm³/mol. The molecular formula is C9H10N2OS. The number of hydrogen-bond acceptors (Lipinski definition) is 4. The predicted octanol–water partition coefficient (Wildman–Crippen LogP) is 1.80. The van der Waals surface area contributed by atoms with E-state index in [9.17, 15) is 0 Å². The molecule has 0 radical (unpaired) electrons. The number of thiophene rings is 1. The van der Waals surface area contributed by atoms with E-state index in [2.05, 4.69) is 9.97 Å². The molecule has 0 bridgehead atoms. The van der Waals surface area contributed by atoms with Crippen molar-refractivity contribution in [3.8, 4) is 0 Å². The number of rotatable bonds is 1. The zero-order valence-electron chi connectivity index (χ0n) is 7.53. The Hall–Kier alpha value is -1.00. The first-order valence-corrected chi connectivity index (χ1v) is 4.87. The van der Waals surface area contributed by atoms with Crippen molar-refractivity contribution in [2.24, 2.45) is 0 Å². The zero-order valence-corrected chi connectivity index (χ0v) is 8.35. The number of aliphatic hydroxyl groups is 1. The van der Waals surface area contributed by atoms with E-state index in [0.717, 1.165) is 26.6 Å². The lowest BCUT2D eigenvalue weighted by atomic mass is 10.3. The van der Waals surface area contributed by atoms with Crippen LogP contribution in [0.5, 0.6) is 0 Å². The second kappa shape index (κ2) is 3.05. The molecule has 0 saturated carbocycles. The standard InChI is InChI=1S/C9H10N2OS/c1-5-6(2)11-9-8(10-5)3-7(4-12)13-9/h3,12H,4H2,1-2H3. The molecule has 0 saturated heterocycles. The minimum atomic E-state index is 0.0702. The Balaban J connectivity index is 2.70. The van der Waals surface area contributed by atoms with E-state index in [1.807, 2.05) is 19.9 Å². The number of fused-ring (bicyclic) bond motifs is 1. The van der Waals surface area contributed by atoms with Crippen LogP contribution in [-0.2, 0) is 6.61 Å². The maximum atomic E-state index is 8.93. The second-order valence-electron chi connectivity index (χ2n) is 2.96. The van der Waals surface area contributed by atoms with Crippen molar-refractivity contribution < 1.29 is 5.11 Å². The molecule has 0 amide bonds. The summed E-state index contributed by atoms with van der Waals surface area (Å²) < 4.78 is 0. The SMILES string of the molecule is Cc1nc2cc(CO)sc2nc1C. The third kappa shape index (κ3) is 1.43. The first kappa shape index (κ1) is 8.59. The molecule has 2 rings (SSSR count). The lowest BCUT2D eigenvalue weighted by molar-refractivity contribution is 0.285. The maximum Gasteiger partial charge on any atom is 0.142 e. The normalized spacial score (nSPS) is 11.0. The van der Waals surface area contributed by atoms with Gasteiger partial charge in [-0.05, 0) is 19.9 Å². The van der Waals surface area contributed by atoms with Gasteiger partial charge in [-0.2, -0.15) is 0 Å². The van der Waals surface area contributed by atoms with Crippen LogP contribution in [0.25, 0.3) is 10.3 Å². The molecule has 0 unspecified atom stereocenters. The van der Waals surface area contributed by atoms with E-state index in [1.165, 1.54) is 11.3 Å². The summed E-state index contributed by atoms with van der Waals surface area (Å²) in [4.78, 5) is 10.6. The van der Waals surface area contributed by atoms with E-state index >= 15 is 0 Å². The highest BCUT2D eigenvalue weighted by molar-refractivity contribution is 7.18. The Bertz CT molecular complexity index is 411. The van der Waals surface area contributed by atoms with Crippen molar-refractivity contribution in [2.45, 2.75) is 20.5 Å². The van der Waals surface area contributed by atoms with Gasteiger partial charge in [0.15, 0.2) is 0 Å². The van der Waals surface area contributed by atoms with Gasteiger partial charge in [0.2, 0.25) is 0 Å². The summed E-state index contributed by atoms with van der Waals surface area (Å²) in [7, 11) is 0. The molecule has 4 heteroatoms. The van der Waals surface area contributed by atoms with E-state index in [4.69, 9.17) is 5.11 Å². The Labute approximate surface area is 80.1 Å². The van der Waals surface area contributed by atoms with Gasteiger partial charge < -0.3 is 5.11 Å². The summed E-state index contributed by atoms with van der Waals surface area (Å²) in [6, 6.07) is 1.89. The summed E-state index contributed by atoms with van der Waals surface area (Å²) >= 11 is 1.50. The fraction of sp³-hybridized carbons (Fsp3) is 0.333. The Kier molecular flexibility index (Phi) is 2.01. The Morgan fingerprint density at radius 2 is 2.00 bits per heavy atom. The number of aliphatic hydroxyl groups excluding tert-OH is 1. The quantitative estimate of drug-likeness (QED) is 0.753. The van der Waals surface area contributed by atoms with Crippen LogP contribution in [0.1, 0.15) is 16.3 Å². The fourth-order valence-corrected chi connectivity index (χ4v) is 2.03. The summed E-state index contributed by atoms with van der Waals surface area (Å²) in [5, 5.41) is 8.93. The van der Waals surface area contributed by atoms with Crippen LogP contribution in [-0.4, -0.2) is 15.1 Å². The monoisotopic (exact) mass is 194 g/mol. The topological polar surface area (TPSA) is 46.0 Å². The third-order valence-corrected chi connectivity index (χ3v) is 2.98. The molecule has 3 nitrogen and oxygen atoms in total. The molecule has 0 spiro atoms. The van der Waals surface area contributed by atoms with Crippen LogP contribution < -0.4 is 0 Å². The van der Waals surface area contributed by atoms with Gasteiger partial charge in [0.25, 0.3) is 0 Å². The lowest BCUT2D eigenvalue weighted by Gasteiger charge is -1.95. The van der Waals surface area contributed by atoms with Crippen LogP contribution in [0.4, 0.5) is 0 Å². The second-order valence-corrected chi connectivity index (χ2v) is 4.07. The van der Waals surface area contributed by atoms with E-state index in [1.54, 1.807) is 0 Å².